The number of hydrogen-bond acceptors (Lipinski definition) is 4. The predicted octanol–water partition coefficient (Wildman–Crippen LogP) is 3.51. The summed E-state index contributed by atoms with van der Waals surface area (Å²) in [6.45, 7) is 7.15. The van der Waals surface area contributed by atoms with E-state index in [0.29, 0.717) is 35.2 Å². The van der Waals surface area contributed by atoms with Crippen LogP contribution in [0.15, 0.2) is 65.8 Å². The van der Waals surface area contributed by atoms with Gasteiger partial charge in [-0.15, -0.1) is 0 Å². The van der Waals surface area contributed by atoms with E-state index >= 15 is 0 Å². The Morgan fingerprint density at radius 2 is 1.82 bits per heavy atom. The van der Waals surface area contributed by atoms with E-state index in [2.05, 4.69) is 36.2 Å². The van der Waals surface area contributed by atoms with Gasteiger partial charge in [0, 0.05) is 17.7 Å². The van der Waals surface area contributed by atoms with Crippen molar-refractivity contribution >= 4 is 16.9 Å². The van der Waals surface area contributed by atoms with Gasteiger partial charge in [-0.1, -0.05) is 51.1 Å². The molecule has 1 N–H and O–H groups in total. The molecule has 0 bridgehead atoms. The summed E-state index contributed by atoms with van der Waals surface area (Å²) in [6.07, 6.45) is 2.85. The molecule has 33 heavy (non-hydrogen) atoms. The summed E-state index contributed by atoms with van der Waals surface area (Å²) >= 11 is 0. The quantitative estimate of drug-likeness (QED) is 0.490. The number of carbonyl (C=O) groups is 1. The van der Waals surface area contributed by atoms with E-state index in [1.54, 1.807) is 22.9 Å². The van der Waals surface area contributed by atoms with Crippen LogP contribution in [0.5, 0.6) is 0 Å². The topological polar surface area (TPSA) is 81.8 Å². The summed E-state index contributed by atoms with van der Waals surface area (Å²) in [7, 11) is 0. The van der Waals surface area contributed by atoms with Crippen molar-refractivity contribution in [1.29, 1.82) is 0 Å². The average molecular weight is 448 g/mol. The Hall–Kier alpha value is -3.81. The number of nitrogens with zero attached hydrogens (tertiary/aromatic N) is 4. The molecule has 0 saturated carbocycles. The number of hydrogen-bond donors (Lipinski definition) is 1. The fraction of sp³-hybridized carbons (Fsp3) is 0.280. The Morgan fingerprint density at radius 1 is 1.09 bits per heavy atom. The van der Waals surface area contributed by atoms with Crippen molar-refractivity contribution in [3.8, 4) is 0 Å². The van der Waals surface area contributed by atoms with E-state index in [0.717, 1.165) is 5.56 Å². The van der Waals surface area contributed by atoms with Crippen molar-refractivity contribution in [2.75, 3.05) is 6.54 Å². The lowest BCUT2D eigenvalue weighted by atomic mass is 9.87. The summed E-state index contributed by atoms with van der Waals surface area (Å²) < 4.78 is 16.9. The molecule has 0 radical (unpaired) electrons. The number of nitrogens with one attached hydrogen (secondary N) is 1. The highest BCUT2D eigenvalue weighted by atomic mass is 19.1. The van der Waals surface area contributed by atoms with Crippen LogP contribution >= 0.6 is 0 Å². The van der Waals surface area contributed by atoms with Gasteiger partial charge in [-0.25, -0.2) is 14.1 Å². The molecular weight excluding hydrogens is 421 g/mol. The zero-order valence-electron chi connectivity index (χ0n) is 18.9. The third-order valence-electron chi connectivity index (χ3n) is 5.54. The minimum atomic E-state index is -0.371. The molecule has 2 heterocycles. The van der Waals surface area contributed by atoms with Gasteiger partial charge in [-0.3, -0.25) is 14.2 Å². The molecule has 1 amide bonds. The molecule has 2 aromatic carbocycles. The maximum absolute atomic E-state index is 13.9. The van der Waals surface area contributed by atoms with Crippen LogP contribution in [0.1, 0.15) is 42.3 Å². The van der Waals surface area contributed by atoms with Crippen LogP contribution in [0, 0.1) is 5.82 Å². The van der Waals surface area contributed by atoms with Crippen molar-refractivity contribution in [3.63, 3.8) is 0 Å². The fourth-order valence-electron chi connectivity index (χ4n) is 3.58. The van der Waals surface area contributed by atoms with Crippen molar-refractivity contribution in [2.24, 2.45) is 0 Å². The maximum Gasteiger partial charge on any atom is 0.264 e. The molecule has 4 rings (SSSR count). The van der Waals surface area contributed by atoms with E-state index in [-0.39, 0.29) is 29.2 Å². The first-order valence-corrected chi connectivity index (χ1v) is 10.8. The average Bonchev–Trinajstić information content (AvgIpc) is 3.20. The standard InChI is InChI=1S/C25H26FN5O2/c1-25(2,3)19-10-8-17(9-11-19)23(32)27-12-13-31-22-20(14-29-31)24(33)30(16-28-22)15-18-6-4-5-7-21(18)26/h4-11,14,16H,12-13,15H2,1-3H3,(H,27,32). The van der Waals surface area contributed by atoms with Gasteiger partial charge < -0.3 is 5.32 Å². The van der Waals surface area contributed by atoms with Gasteiger partial charge >= 0.3 is 0 Å². The lowest BCUT2D eigenvalue weighted by molar-refractivity contribution is 0.0952. The Morgan fingerprint density at radius 3 is 2.52 bits per heavy atom. The highest BCUT2D eigenvalue weighted by Crippen LogP contribution is 2.22. The van der Waals surface area contributed by atoms with Gasteiger partial charge in [0.15, 0.2) is 5.65 Å². The Bertz CT molecular complexity index is 1350. The second-order valence-electron chi connectivity index (χ2n) is 8.96. The predicted molar refractivity (Wildman–Crippen MR) is 125 cm³/mol. The molecule has 0 spiro atoms. The SMILES string of the molecule is CC(C)(C)c1ccc(C(=O)NCCn2ncc3c(=O)n(Cc4ccccc4F)cnc32)cc1. The highest BCUT2D eigenvalue weighted by Gasteiger charge is 2.15. The van der Waals surface area contributed by atoms with Crippen LogP contribution in [-0.2, 0) is 18.5 Å². The minimum Gasteiger partial charge on any atom is -0.350 e. The highest BCUT2D eigenvalue weighted by molar-refractivity contribution is 5.94. The van der Waals surface area contributed by atoms with E-state index in [1.165, 1.54) is 23.2 Å². The number of rotatable bonds is 6. The molecule has 7 nitrogen and oxygen atoms in total. The molecule has 170 valence electrons. The second kappa shape index (κ2) is 8.97. The van der Waals surface area contributed by atoms with Gasteiger partial charge in [-0.05, 0) is 29.2 Å². The molecule has 0 unspecified atom stereocenters. The smallest absolute Gasteiger partial charge is 0.264 e. The van der Waals surface area contributed by atoms with Crippen LogP contribution in [0.2, 0.25) is 0 Å². The van der Waals surface area contributed by atoms with Crippen LogP contribution in [0.4, 0.5) is 4.39 Å². The van der Waals surface area contributed by atoms with Gasteiger partial charge in [0.1, 0.15) is 17.5 Å². The number of carbonyl (C=O) groups excluding carboxylic acids is 1. The van der Waals surface area contributed by atoms with Gasteiger partial charge in [0.2, 0.25) is 0 Å². The fourth-order valence-corrected chi connectivity index (χ4v) is 3.58. The first-order chi connectivity index (χ1) is 15.7. The summed E-state index contributed by atoms with van der Waals surface area (Å²) in [6, 6.07) is 13.9. The molecule has 8 heteroatoms. The number of fused-ring (bicyclic) bond motifs is 1. The first kappa shape index (κ1) is 22.4. The molecule has 0 saturated heterocycles. The molecule has 0 atom stereocenters. The van der Waals surface area contributed by atoms with Gasteiger partial charge in [0.05, 0.1) is 19.3 Å². The van der Waals surface area contributed by atoms with Gasteiger partial charge in [0.25, 0.3) is 11.5 Å². The van der Waals surface area contributed by atoms with Crippen LogP contribution in [-0.4, -0.2) is 31.8 Å². The monoisotopic (exact) mass is 447 g/mol. The number of aromatic nitrogens is 4. The molecule has 0 fully saturated rings. The van der Waals surface area contributed by atoms with E-state index in [1.807, 2.05) is 24.3 Å². The summed E-state index contributed by atoms with van der Waals surface area (Å²) in [4.78, 5) is 29.6. The van der Waals surface area contributed by atoms with E-state index < -0.39 is 0 Å². The first-order valence-electron chi connectivity index (χ1n) is 10.8. The van der Waals surface area contributed by atoms with Crippen LogP contribution in [0.3, 0.4) is 0 Å². The second-order valence-corrected chi connectivity index (χ2v) is 8.96. The van der Waals surface area contributed by atoms with Crippen molar-refractivity contribution in [3.05, 3.63) is 93.9 Å². The Labute approximate surface area is 190 Å². The third-order valence-corrected chi connectivity index (χ3v) is 5.54. The lowest BCUT2D eigenvalue weighted by Crippen LogP contribution is -2.28. The minimum absolute atomic E-state index is 0.0248. The molecule has 0 aliphatic heterocycles. The van der Waals surface area contributed by atoms with Crippen molar-refractivity contribution in [2.45, 2.75) is 39.3 Å². The summed E-state index contributed by atoms with van der Waals surface area (Å²) in [5.74, 6) is -0.545. The van der Waals surface area contributed by atoms with E-state index in [4.69, 9.17) is 0 Å². The lowest BCUT2D eigenvalue weighted by Gasteiger charge is -2.19. The van der Waals surface area contributed by atoms with Crippen molar-refractivity contribution < 1.29 is 9.18 Å². The number of amides is 1. The molecular formula is C25H26FN5O2. The Kier molecular flexibility index (Phi) is 6.09. The molecule has 4 aromatic rings. The molecule has 0 aliphatic carbocycles. The summed E-state index contributed by atoms with van der Waals surface area (Å²) in [5, 5.41) is 7.46. The number of benzene rings is 2. The van der Waals surface area contributed by atoms with Crippen molar-refractivity contribution in [1.82, 2.24) is 24.6 Å². The van der Waals surface area contributed by atoms with Gasteiger partial charge in [-0.2, -0.15) is 5.10 Å². The van der Waals surface area contributed by atoms with Crippen LogP contribution in [0.25, 0.3) is 11.0 Å². The number of halogens is 1. The largest absolute Gasteiger partial charge is 0.350 e. The van der Waals surface area contributed by atoms with Crippen LogP contribution < -0.4 is 10.9 Å². The third kappa shape index (κ3) is 4.84. The van der Waals surface area contributed by atoms with E-state index in [9.17, 15) is 14.0 Å². The summed E-state index contributed by atoms with van der Waals surface area (Å²) in [5.41, 5.74) is 2.31. The normalized spacial score (nSPS) is 11.6. The zero-order chi connectivity index (χ0) is 23.6. The molecule has 0 aliphatic rings. The zero-order valence-corrected chi connectivity index (χ0v) is 18.9. The maximum atomic E-state index is 13.9. The Balaban J connectivity index is 1.42. The molecule has 2 aromatic heterocycles.